The number of rotatable bonds is 4. The second-order valence-electron chi connectivity index (χ2n) is 6.32. The van der Waals surface area contributed by atoms with Crippen molar-refractivity contribution in [3.05, 3.63) is 22.0 Å². The highest BCUT2D eigenvalue weighted by Crippen LogP contribution is 2.34. The van der Waals surface area contributed by atoms with E-state index in [0.717, 1.165) is 12.8 Å². The number of nitro groups is 1. The molecule has 1 N–H and O–H groups in total. The zero-order chi connectivity index (χ0) is 15.9. The van der Waals surface area contributed by atoms with Crippen LogP contribution in [0.5, 0.6) is 0 Å². The van der Waals surface area contributed by atoms with Gasteiger partial charge in [0.25, 0.3) is 0 Å². The molecule has 8 heteroatoms. The number of hydrogen-bond acceptors (Lipinski definition) is 5. The Morgan fingerprint density at radius 2 is 2.09 bits per heavy atom. The summed E-state index contributed by atoms with van der Waals surface area (Å²) in [7, 11) is 2.16. The van der Waals surface area contributed by atoms with Crippen molar-refractivity contribution in [1.82, 2.24) is 20.0 Å². The van der Waals surface area contributed by atoms with Crippen molar-refractivity contribution in [3.63, 3.8) is 0 Å². The van der Waals surface area contributed by atoms with Gasteiger partial charge in [-0.3, -0.25) is 19.6 Å². The Morgan fingerprint density at radius 1 is 1.45 bits per heavy atom. The van der Waals surface area contributed by atoms with E-state index in [-0.39, 0.29) is 24.2 Å². The van der Waals surface area contributed by atoms with Crippen molar-refractivity contribution in [1.29, 1.82) is 0 Å². The Bertz CT molecular complexity index is 585. The molecule has 1 amide bonds. The lowest BCUT2D eigenvalue weighted by atomic mass is 9.98. The average molecular weight is 307 g/mol. The van der Waals surface area contributed by atoms with Crippen LogP contribution in [-0.2, 0) is 11.3 Å². The van der Waals surface area contributed by atoms with Crippen LogP contribution in [-0.4, -0.2) is 50.7 Å². The standard InChI is InChI=1S/C14H21N5O3/c1-9-13(19(21)22)7-15-18(9)8-14(20)16-10-5-11-3-4-12(6-10)17(11)2/h7,10-12H,3-6,8H2,1-2H3,(H,16,20). The van der Waals surface area contributed by atoms with Gasteiger partial charge >= 0.3 is 5.69 Å². The van der Waals surface area contributed by atoms with Gasteiger partial charge in [0.15, 0.2) is 0 Å². The monoisotopic (exact) mass is 307 g/mol. The van der Waals surface area contributed by atoms with Gasteiger partial charge in [0, 0.05) is 18.1 Å². The molecule has 120 valence electrons. The summed E-state index contributed by atoms with van der Waals surface area (Å²) in [5.41, 5.74) is 0.355. The van der Waals surface area contributed by atoms with Crippen LogP contribution in [0.4, 0.5) is 5.69 Å². The minimum atomic E-state index is -0.481. The normalized spacial score (nSPS) is 27.8. The smallest absolute Gasteiger partial charge is 0.309 e. The van der Waals surface area contributed by atoms with E-state index in [2.05, 4.69) is 22.4 Å². The Kier molecular flexibility index (Phi) is 3.86. The highest BCUT2D eigenvalue weighted by molar-refractivity contribution is 5.76. The van der Waals surface area contributed by atoms with Crippen LogP contribution in [0.1, 0.15) is 31.4 Å². The first kappa shape index (κ1) is 15.0. The largest absolute Gasteiger partial charge is 0.352 e. The highest BCUT2D eigenvalue weighted by Gasteiger charge is 2.38. The summed E-state index contributed by atoms with van der Waals surface area (Å²) in [5.74, 6) is -0.130. The van der Waals surface area contributed by atoms with Gasteiger partial charge in [0.2, 0.25) is 5.91 Å². The molecule has 3 rings (SSSR count). The molecule has 2 aliphatic heterocycles. The fourth-order valence-corrected chi connectivity index (χ4v) is 3.71. The molecule has 0 aromatic carbocycles. The van der Waals surface area contributed by atoms with Crippen molar-refractivity contribution in [2.45, 2.75) is 57.3 Å². The molecule has 0 spiro atoms. The molecule has 1 aromatic rings. The summed E-state index contributed by atoms with van der Waals surface area (Å²) >= 11 is 0. The molecule has 22 heavy (non-hydrogen) atoms. The third-order valence-electron chi connectivity index (χ3n) is 5.03. The van der Waals surface area contributed by atoms with E-state index >= 15 is 0 Å². The Hall–Kier alpha value is -1.96. The molecule has 3 heterocycles. The lowest BCUT2D eigenvalue weighted by Crippen LogP contribution is -2.49. The first-order valence-electron chi connectivity index (χ1n) is 7.63. The molecule has 2 aliphatic rings. The second kappa shape index (κ2) is 5.68. The van der Waals surface area contributed by atoms with Crippen molar-refractivity contribution < 1.29 is 9.72 Å². The fourth-order valence-electron chi connectivity index (χ4n) is 3.71. The number of nitrogens with zero attached hydrogens (tertiary/aromatic N) is 4. The molecular weight excluding hydrogens is 286 g/mol. The van der Waals surface area contributed by atoms with Gasteiger partial charge in [0.05, 0.1) is 4.92 Å². The molecule has 2 saturated heterocycles. The average Bonchev–Trinajstić information content (AvgIpc) is 2.88. The minimum Gasteiger partial charge on any atom is -0.352 e. The van der Waals surface area contributed by atoms with Gasteiger partial charge in [-0.2, -0.15) is 5.10 Å². The first-order chi connectivity index (χ1) is 10.5. The molecule has 0 aliphatic carbocycles. The molecule has 2 bridgehead atoms. The third kappa shape index (κ3) is 2.70. The van der Waals surface area contributed by atoms with Crippen LogP contribution < -0.4 is 5.32 Å². The van der Waals surface area contributed by atoms with Crippen molar-refractivity contribution in [2.75, 3.05) is 7.05 Å². The van der Waals surface area contributed by atoms with Crippen LogP contribution in [0.25, 0.3) is 0 Å². The number of piperidine rings is 1. The summed E-state index contributed by atoms with van der Waals surface area (Å²) in [5, 5.41) is 17.8. The molecule has 1 aromatic heterocycles. The second-order valence-corrected chi connectivity index (χ2v) is 6.32. The van der Waals surface area contributed by atoms with Crippen LogP contribution >= 0.6 is 0 Å². The van der Waals surface area contributed by atoms with Gasteiger partial charge in [-0.15, -0.1) is 0 Å². The quantitative estimate of drug-likeness (QED) is 0.657. The van der Waals surface area contributed by atoms with Crippen LogP contribution in [0.2, 0.25) is 0 Å². The lowest BCUT2D eigenvalue weighted by molar-refractivity contribution is -0.385. The third-order valence-corrected chi connectivity index (χ3v) is 5.03. The van der Waals surface area contributed by atoms with Gasteiger partial charge in [-0.25, -0.2) is 0 Å². The molecule has 2 unspecified atom stereocenters. The lowest BCUT2D eigenvalue weighted by Gasteiger charge is -2.36. The maximum Gasteiger partial charge on any atom is 0.309 e. The van der Waals surface area contributed by atoms with Crippen molar-refractivity contribution in [2.24, 2.45) is 0 Å². The number of nitrogens with one attached hydrogen (secondary N) is 1. The van der Waals surface area contributed by atoms with Gasteiger partial charge in [-0.1, -0.05) is 0 Å². The Balaban J connectivity index is 1.58. The molecule has 8 nitrogen and oxygen atoms in total. The van der Waals surface area contributed by atoms with E-state index in [4.69, 9.17) is 0 Å². The van der Waals surface area contributed by atoms with Crippen LogP contribution in [0.15, 0.2) is 6.20 Å². The number of carbonyl (C=O) groups is 1. The van der Waals surface area contributed by atoms with Crippen molar-refractivity contribution in [3.8, 4) is 0 Å². The predicted octanol–water partition coefficient (Wildman–Crippen LogP) is 0.841. The maximum absolute atomic E-state index is 12.2. The highest BCUT2D eigenvalue weighted by atomic mass is 16.6. The fraction of sp³-hybridized carbons (Fsp3) is 0.714. The summed E-state index contributed by atoms with van der Waals surface area (Å²) < 4.78 is 1.39. The minimum absolute atomic E-state index is 0.0291. The number of carbonyl (C=O) groups excluding carboxylic acids is 1. The predicted molar refractivity (Wildman–Crippen MR) is 79.4 cm³/mol. The maximum atomic E-state index is 12.2. The van der Waals surface area contributed by atoms with E-state index in [1.807, 2.05) is 0 Å². The van der Waals surface area contributed by atoms with E-state index < -0.39 is 4.92 Å². The number of aromatic nitrogens is 2. The van der Waals surface area contributed by atoms with Gasteiger partial charge in [0.1, 0.15) is 18.4 Å². The summed E-state index contributed by atoms with van der Waals surface area (Å²) in [6.07, 6.45) is 5.57. The first-order valence-corrected chi connectivity index (χ1v) is 7.63. The zero-order valence-corrected chi connectivity index (χ0v) is 12.9. The Morgan fingerprint density at radius 3 is 2.64 bits per heavy atom. The van der Waals surface area contributed by atoms with Crippen LogP contribution in [0, 0.1) is 17.0 Å². The van der Waals surface area contributed by atoms with E-state index in [1.54, 1.807) is 6.92 Å². The van der Waals surface area contributed by atoms with E-state index in [9.17, 15) is 14.9 Å². The van der Waals surface area contributed by atoms with E-state index in [1.165, 1.54) is 23.7 Å². The molecule has 0 radical (unpaired) electrons. The molecular formula is C14H21N5O3. The van der Waals surface area contributed by atoms with Gasteiger partial charge in [-0.05, 0) is 39.7 Å². The van der Waals surface area contributed by atoms with E-state index in [0.29, 0.717) is 17.8 Å². The molecule has 2 atom stereocenters. The summed E-state index contributed by atoms with van der Waals surface area (Å²) in [6, 6.07) is 1.33. The summed E-state index contributed by atoms with van der Waals surface area (Å²) in [4.78, 5) is 24.9. The number of hydrogen-bond donors (Lipinski definition) is 1. The number of fused-ring (bicyclic) bond motifs is 2. The number of amides is 1. The topological polar surface area (TPSA) is 93.3 Å². The Labute approximate surface area is 128 Å². The molecule has 0 saturated carbocycles. The SMILES string of the molecule is Cc1c([N+](=O)[O-])cnn1CC(=O)NC1CC2CCC(C1)N2C. The van der Waals surface area contributed by atoms with Crippen LogP contribution in [0.3, 0.4) is 0 Å². The molecule has 2 fully saturated rings. The van der Waals surface area contributed by atoms with Gasteiger partial charge < -0.3 is 10.2 Å². The zero-order valence-electron chi connectivity index (χ0n) is 12.9. The van der Waals surface area contributed by atoms with Crippen molar-refractivity contribution >= 4 is 11.6 Å². The summed E-state index contributed by atoms with van der Waals surface area (Å²) in [6.45, 7) is 1.63.